The van der Waals surface area contributed by atoms with E-state index < -0.39 is 5.82 Å². The number of anilines is 1. The van der Waals surface area contributed by atoms with Gasteiger partial charge in [0.05, 0.1) is 12.1 Å². The zero-order chi connectivity index (χ0) is 13.8. The number of hydrogen-bond acceptors (Lipinski definition) is 2. The second kappa shape index (κ2) is 5.65. The van der Waals surface area contributed by atoms with Gasteiger partial charge in [-0.05, 0) is 43.2 Å². The zero-order valence-corrected chi connectivity index (χ0v) is 11.0. The zero-order valence-electron chi connectivity index (χ0n) is 11.0. The highest BCUT2D eigenvalue weighted by Gasteiger charge is 2.14. The van der Waals surface area contributed by atoms with Crippen LogP contribution in [0.3, 0.4) is 0 Å². The van der Waals surface area contributed by atoms with Crippen LogP contribution < -0.4 is 5.32 Å². The fraction of sp³-hybridized carbons (Fsp3) is 0.188. The van der Waals surface area contributed by atoms with Crippen LogP contribution in [0.25, 0.3) is 0 Å². The number of carbonyl (C=O) groups is 1. The Morgan fingerprint density at radius 3 is 2.47 bits per heavy atom. The summed E-state index contributed by atoms with van der Waals surface area (Å²) in [5.74, 6) is -0.684. The van der Waals surface area contributed by atoms with Crippen LogP contribution in [0.4, 0.5) is 10.1 Å². The third-order valence-corrected chi connectivity index (χ3v) is 2.94. The SMILES string of the molecule is Cc1cc(C)c(C(=O)CNc2ccccc2)c(F)c1. The first kappa shape index (κ1) is 13.3. The summed E-state index contributed by atoms with van der Waals surface area (Å²) in [5, 5.41) is 3.00. The first-order valence-corrected chi connectivity index (χ1v) is 6.17. The minimum absolute atomic E-state index is 0.0881. The molecule has 0 saturated heterocycles. The Bertz CT molecular complexity index is 570. The average Bonchev–Trinajstić information content (AvgIpc) is 2.36. The number of hydrogen-bond donors (Lipinski definition) is 1. The number of nitrogens with one attached hydrogen (secondary N) is 1. The molecule has 2 rings (SSSR count). The lowest BCUT2D eigenvalue weighted by molar-refractivity contribution is 0.100. The van der Waals surface area contributed by atoms with Crippen molar-refractivity contribution in [2.45, 2.75) is 13.8 Å². The molecule has 1 N–H and O–H groups in total. The lowest BCUT2D eigenvalue weighted by atomic mass is 10.0. The summed E-state index contributed by atoms with van der Waals surface area (Å²) in [6.07, 6.45) is 0. The third kappa shape index (κ3) is 3.19. The lowest BCUT2D eigenvalue weighted by Gasteiger charge is -2.09. The molecule has 98 valence electrons. The van der Waals surface area contributed by atoms with E-state index in [-0.39, 0.29) is 17.9 Å². The number of Topliss-reactive ketones (excluding diaryl/α,β-unsaturated/α-hetero) is 1. The van der Waals surface area contributed by atoms with Crippen LogP contribution in [-0.4, -0.2) is 12.3 Å². The summed E-state index contributed by atoms with van der Waals surface area (Å²) in [6.45, 7) is 3.66. The van der Waals surface area contributed by atoms with Crippen molar-refractivity contribution in [3.63, 3.8) is 0 Å². The van der Waals surface area contributed by atoms with Gasteiger partial charge in [-0.25, -0.2) is 4.39 Å². The topological polar surface area (TPSA) is 29.1 Å². The largest absolute Gasteiger partial charge is 0.378 e. The Hall–Kier alpha value is -2.16. The molecule has 0 unspecified atom stereocenters. The Morgan fingerprint density at radius 1 is 1.16 bits per heavy atom. The van der Waals surface area contributed by atoms with Crippen LogP contribution >= 0.6 is 0 Å². The number of aryl methyl sites for hydroxylation is 2. The molecule has 0 aliphatic carbocycles. The summed E-state index contributed by atoms with van der Waals surface area (Å²) in [4.78, 5) is 12.1. The van der Waals surface area contributed by atoms with Gasteiger partial charge in [0.25, 0.3) is 0 Å². The van der Waals surface area contributed by atoms with Crippen LogP contribution in [0.1, 0.15) is 21.5 Å². The monoisotopic (exact) mass is 257 g/mol. The summed E-state index contributed by atoms with van der Waals surface area (Å²) in [5.41, 5.74) is 2.52. The molecule has 2 nitrogen and oxygen atoms in total. The second-order valence-corrected chi connectivity index (χ2v) is 4.58. The van der Waals surface area contributed by atoms with Crippen molar-refractivity contribution in [2.24, 2.45) is 0 Å². The standard InChI is InChI=1S/C16H16FNO/c1-11-8-12(2)16(14(17)9-11)15(19)10-18-13-6-4-3-5-7-13/h3-9,18H,10H2,1-2H3. The Morgan fingerprint density at radius 2 is 1.84 bits per heavy atom. The quantitative estimate of drug-likeness (QED) is 0.845. The van der Waals surface area contributed by atoms with E-state index in [1.54, 1.807) is 6.92 Å². The van der Waals surface area contributed by atoms with Crippen LogP contribution in [0.2, 0.25) is 0 Å². The van der Waals surface area contributed by atoms with E-state index >= 15 is 0 Å². The van der Waals surface area contributed by atoms with Gasteiger partial charge in [-0.15, -0.1) is 0 Å². The molecule has 0 aromatic heterocycles. The maximum atomic E-state index is 13.8. The predicted octanol–water partition coefficient (Wildman–Crippen LogP) is 3.74. The molecule has 0 fully saturated rings. The molecule has 0 saturated carbocycles. The summed E-state index contributed by atoms with van der Waals surface area (Å²) >= 11 is 0. The van der Waals surface area contributed by atoms with E-state index in [9.17, 15) is 9.18 Å². The number of rotatable bonds is 4. The molecule has 2 aromatic carbocycles. The van der Waals surface area contributed by atoms with Gasteiger partial charge in [-0.3, -0.25) is 4.79 Å². The minimum Gasteiger partial charge on any atom is -0.378 e. The van der Waals surface area contributed by atoms with Crippen molar-refractivity contribution < 1.29 is 9.18 Å². The van der Waals surface area contributed by atoms with Crippen molar-refractivity contribution in [1.82, 2.24) is 0 Å². The average molecular weight is 257 g/mol. The number of carbonyl (C=O) groups excluding carboxylic acids is 1. The van der Waals surface area contributed by atoms with E-state index in [0.717, 1.165) is 11.3 Å². The Kier molecular flexibility index (Phi) is 3.95. The molecule has 0 amide bonds. The molecule has 0 bridgehead atoms. The first-order chi connectivity index (χ1) is 9.08. The molecule has 0 radical (unpaired) electrons. The maximum Gasteiger partial charge on any atom is 0.185 e. The van der Waals surface area contributed by atoms with Gasteiger partial charge >= 0.3 is 0 Å². The number of para-hydroxylation sites is 1. The third-order valence-electron chi connectivity index (χ3n) is 2.94. The van der Waals surface area contributed by atoms with E-state index in [1.807, 2.05) is 43.3 Å². The van der Waals surface area contributed by atoms with Crippen molar-refractivity contribution in [3.8, 4) is 0 Å². The molecule has 0 aliphatic heterocycles. The van der Waals surface area contributed by atoms with Crippen molar-refractivity contribution >= 4 is 11.5 Å². The number of halogens is 1. The summed E-state index contributed by atoms with van der Waals surface area (Å²) in [6, 6.07) is 12.6. The van der Waals surface area contributed by atoms with Gasteiger partial charge in [0.15, 0.2) is 5.78 Å². The maximum absolute atomic E-state index is 13.8. The van der Waals surface area contributed by atoms with Crippen molar-refractivity contribution in [3.05, 3.63) is 65.0 Å². The fourth-order valence-corrected chi connectivity index (χ4v) is 2.10. The van der Waals surface area contributed by atoms with Crippen LogP contribution in [0, 0.1) is 19.7 Å². The van der Waals surface area contributed by atoms with Gasteiger partial charge in [0, 0.05) is 5.69 Å². The fourth-order valence-electron chi connectivity index (χ4n) is 2.10. The van der Waals surface area contributed by atoms with Gasteiger partial charge in [0.1, 0.15) is 5.82 Å². The van der Waals surface area contributed by atoms with Crippen LogP contribution in [-0.2, 0) is 0 Å². The van der Waals surface area contributed by atoms with Gasteiger partial charge < -0.3 is 5.32 Å². The Balaban J connectivity index is 2.13. The molecule has 0 spiro atoms. The van der Waals surface area contributed by atoms with E-state index in [4.69, 9.17) is 0 Å². The molecular formula is C16H16FNO. The van der Waals surface area contributed by atoms with Crippen LogP contribution in [0.5, 0.6) is 0 Å². The van der Waals surface area contributed by atoms with Crippen molar-refractivity contribution in [1.29, 1.82) is 0 Å². The van der Waals surface area contributed by atoms with Crippen molar-refractivity contribution in [2.75, 3.05) is 11.9 Å². The molecule has 3 heteroatoms. The molecule has 0 atom stereocenters. The molecular weight excluding hydrogens is 241 g/mol. The smallest absolute Gasteiger partial charge is 0.185 e. The summed E-state index contributed by atoms with van der Waals surface area (Å²) < 4.78 is 13.8. The predicted molar refractivity (Wildman–Crippen MR) is 75.1 cm³/mol. The molecule has 0 aliphatic rings. The Labute approximate surface area is 112 Å². The molecule has 19 heavy (non-hydrogen) atoms. The van der Waals surface area contributed by atoms with E-state index in [1.165, 1.54) is 6.07 Å². The highest BCUT2D eigenvalue weighted by atomic mass is 19.1. The molecule has 0 heterocycles. The van der Waals surface area contributed by atoms with E-state index in [2.05, 4.69) is 5.32 Å². The van der Waals surface area contributed by atoms with E-state index in [0.29, 0.717) is 5.56 Å². The lowest BCUT2D eigenvalue weighted by Crippen LogP contribution is -2.16. The molecule has 2 aromatic rings. The van der Waals surface area contributed by atoms with Gasteiger partial charge in [-0.1, -0.05) is 24.3 Å². The highest BCUT2D eigenvalue weighted by molar-refractivity contribution is 6.00. The minimum atomic E-state index is -0.447. The summed E-state index contributed by atoms with van der Waals surface area (Å²) in [7, 11) is 0. The van der Waals surface area contributed by atoms with Crippen LogP contribution in [0.15, 0.2) is 42.5 Å². The number of benzene rings is 2. The highest BCUT2D eigenvalue weighted by Crippen LogP contribution is 2.16. The van der Waals surface area contributed by atoms with Gasteiger partial charge in [-0.2, -0.15) is 0 Å². The van der Waals surface area contributed by atoms with Gasteiger partial charge in [0.2, 0.25) is 0 Å². The normalized spacial score (nSPS) is 10.3. The number of ketones is 1. The first-order valence-electron chi connectivity index (χ1n) is 6.17. The second-order valence-electron chi connectivity index (χ2n) is 4.58.